The molecule has 15 heavy (non-hydrogen) atoms. The molecule has 0 aromatic carbocycles. The Hall–Kier alpha value is -0.650. The summed E-state index contributed by atoms with van der Waals surface area (Å²) in [7, 11) is 0. The van der Waals surface area contributed by atoms with E-state index in [2.05, 4.69) is 19.2 Å². The van der Waals surface area contributed by atoms with Gasteiger partial charge in [-0.3, -0.25) is 0 Å². The normalized spacial score (nSPS) is 15.3. The topological polar surface area (TPSA) is 78.8 Å². The predicted molar refractivity (Wildman–Crippen MR) is 56.8 cm³/mol. The summed E-state index contributed by atoms with van der Waals surface area (Å²) >= 11 is 0. The van der Waals surface area contributed by atoms with Crippen molar-refractivity contribution in [3.05, 3.63) is 0 Å². The Kier molecular flexibility index (Phi) is 6.47. The van der Waals surface area contributed by atoms with Crippen LogP contribution < -0.4 is 5.32 Å². The van der Waals surface area contributed by atoms with Crippen molar-refractivity contribution in [2.24, 2.45) is 5.92 Å². The first-order chi connectivity index (χ1) is 6.86. The molecular formula is C10H21NO4. The fourth-order valence-electron chi connectivity index (χ4n) is 0.871. The van der Waals surface area contributed by atoms with Gasteiger partial charge >= 0.3 is 5.97 Å². The van der Waals surface area contributed by atoms with Crippen LogP contribution in [0, 0.1) is 5.92 Å². The van der Waals surface area contributed by atoms with Crippen molar-refractivity contribution in [3.63, 3.8) is 0 Å². The van der Waals surface area contributed by atoms with Crippen LogP contribution in [0.25, 0.3) is 0 Å². The van der Waals surface area contributed by atoms with Gasteiger partial charge < -0.3 is 20.3 Å². The number of carboxylic acid groups (broad SMARTS) is 1. The molecule has 0 aliphatic heterocycles. The molecule has 0 radical (unpaired) electrons. The second-order valence-corrected chi connectivity index (χ2v) is 4.22. The highest BCUT2D eigenvalue weighted by molar-refractivity contribution is 5.76. The van der Waals surface area contributed by atoms with E-state index in [-0.39, 0.29) is 6.54 Å². The smallest absolute Gasteiger partial charge is 0.336 e. The molecule has 0 aromatic heterocycles. The van der Waals surface area contributed by atoms with Crippen LogP contribution in [0.15, 0.2) is 0 Å². The first-order valence-electron chi connectivity index (χ1n) is 5.10. The highest BCUT2D eigenvalue weighted by Crippen LogP contribution is 2.00. The van der Waals surface area contributed by atoms with E-state index in [0.717, 1.165) is 0 Å². The minimum Gasteiger partial charge on any atom is -0.479 e. The second kappa shape index (κ2) is 6.76. The summed E-state index contributed by atoms with van der Waals surface area (Å²) in [4.78, 5) is 10.5. The number of ether oxygens (including phenoxy) is 1. The third-order valence-corrected chi connectivity index (χ3v) is 1.80. The lowest BCUT2D eigenvalue weighted by Gasteiger charge is -2.18. The van der Waals surface area contributed by atoms with Crippen molar-refractivity contribution in [1.29, 1.82) is 0 Å². The fourth-order valence-corrected chi connectivity index (χ4v) is 0.871. The number of nitrogens with one attached hydrogen (secondary N) is 1. The van der Waals surface area contributed by atoms with Gasteiger partial charge in [0.25, 0.3) is 0 Å². The minimum atomic E-state index is -1.71. The Bertz CT molecular complexity index is 192. The maximum Gasteiger partial charge on any atom is 0.336 e. The molecule has 0 amide bonds. The quantitative estimate of drug-likeness (QED) is 0.504. The monoisotopic (exact) mass is 219 g/mol. The summed E-state index contributed by atoms with van der Waals surface area (Å²) in [6.07, 6.45) is 0. The molecular weight excluding hydrogens is 198 g/mol. The van der Waals surface area contributed by atoms with Crippen LogP contribution in [0.2, 0.25) is 0 Å². The van der Waals surface area contributed by atoms with E-state index in [0.29, 0.717) is 25.7 Å². The zero-order valence-electron chi connectivity index (χ0n) is 9.62. The van der Waals surface area contributed by atoms with E-state index >= 15 is 0 Å². The van der Waals surface area contributed by atoms with Crippen LogP contribution in [0.4, 0.5) is 0 Å². The van der Waals surface area contributed by atoms with Crippen molar-refractivity contribution in [1.82, 2.24) is 5.32 Å². The van der Waals surface area contributed by atoms with Gasteiger partial charge in [-0.1, -0.05) is 13.8 Å². The van der Waals surface area contributed by atoms with Crippen molar-refractivity contribution < 1.29 is 19.7 Å². The lowest BCUT2D eigenvalue weighted by Crippen LogP contribution is -2.45. The molecule has 1 atom stereocenters. The van der Waals surface area contributed by atoms with E-state index in [1.165, 1.54) is 6.92 Å². The predicted octanol–water partition coefficient (Wildman–Crippen LogP) is 0.0842. The molecule has 0 aliphatic carbocycles. The van der Waals surface area contributed by atoms with Gasteiger partial charge in [0.1, 0.15) is 0 Å². The Morgan fingerprint density at radius 2 is 2.13 bits per heavy atom. The van der Waals surface area contributed by atoms with Crippen molar-refractivity contribution >= 4 is 5.97 Å². The highest BCUT2D eigenvalue weighted by Gasteiger charge is 2.28. The van der Waals surface area contributed by atoms with Gasteiger partial charge in [-0.2, -0.15) is 0 Å². The summed E-state index contributed by atoms with van der Waals surface area (Å²) in [5, 5.41) is 20.8. The van der Waals surface area contributed by atoms with Crippen LogP contribution in [0.5, 0.6) is 0 Å². The Labute approximate surface area is 90.4 Å². The molecule has 0 fully saturated rings. The molecule has 0 saturated heterocycles. The number of rotatable bonds is 8. The molecule has 5 heteroatoms. The van der Waals surface area contributed by atoms with Gasteiger partial charge in [-0.15, -0.1) is 0 Å². The summed E-state index contributed by atoms with van der Waals surface area (Å²) in [5.74, 6) is -0.731. The highest BCUT2D eigenvalue weighted by atomic mass is 16.5. The van der Waals surface area contributed by atoms with Gasteiger partial charge in [0.2, 0.25) is 0 Å². The SMILES string of the molecule is CC(C)COCCNCC(C)(O)C(=O)O. The Morgan fingerprint density at radius 1 is 1.53 bits per heavy atom. The number of aliphatic carboxylic acids is 1. The molecule has 0 bridgehead atoms. The minimum absolute atomic E-state index is 0.0212. The Balaban J connectivity index is 3.43. The second-order valence-electron chi connectivity index (χ2n) is 4.22. The third-order valence-electron chi connectivity index (χ3n) is 1.80. The van der Waals surface area contributed by atoms with Crippen LogP contribution in [0.3, 0.4) is 0 Å². The Morgan fingerprint density at radius 3 is 2.60 bits per heavy atom. The number of carboxylic acids is 1. The lowest BCUT2D eigenvalue weighted by molar-refractivity contribution is -0.156. The first-order valence-corrected chi connectivity index (χ1v) is 5.10. The van der Waals surface area contributed by atoms with Crippen molar-refractivity contribution in [2.75, 3.05) is 26.3 Å². The van der Waals surface area contributed by atoms with Crippen LogP contribution in [-0.2, 0) is 9.53 Å². The van der Waals surface area contributed by atoms with Crippen molar-refractivity contribution in [2.45, 2.75) is 26.4 Å². The van der Waals surface area contributed by atoms with Crippen LogP contribution >= 0.6 is 0 Å². The summed E-state index contributed by atoms with van der Waals surface area (Å²) in [6, 6.07) is 0. The molecule has 1 unspecified atom stereocenters. The van der Waals surface area contributed by atoms with E-state index in [1.54, 1.807) is 0 Å². The zero-order chi connectivity index (χ0) is 11.9. The number of carbonyl (C=O) groups is 1. The number of aliphatic hydroxyl groups is 1. The molecule has 0 aromatic rings. The number of hydrogen-bond donors (Lipinski definition) is 3. The molecule has 0 aliphatic rings. The summed E-state index contributed by atoms with van der Waals surface area (Å²) in [5.41, 5.74) is -1.71. The first kappa shape index (κ1) is 14.3. The molecule has 3 N–H and O–H groups in total. The van der Waals surface area contributed by atoms with Gasteiger partial charge in [-0.05, 0) is 12.8 Å². The average molecular weight is 219 g/mol. The van der Waals surface area contributed by atoms with Gasteiger partial charge in [-0.25, -0.2) is 4.79 Å². The van der Waals surface area contributed by atoms with Crippen molar-refractivity contribution in [3.8, 4) is 0 Å². The van der Waals surface area contributed by atoms with E-state index in [4.69, 9.17) is 9.84 Å². The fraction of sp³-hybridized carbons (Fsp3) is 0.900. The van der Waals surface area contributed by atoms with Crippen LogP contribution in [-0.4, -0.2) is 48.1 Å². The maximum atomic E-state index is 10.5. The summed E-state index contributed by atoms with van der Waals surface area (Å²) in [6.45, 7) is 7.15. The lowest BCUT2D eigenvalue weighted by atomic mass is 10.1. The average Bonchev–Trinajstić information content (AvgIpc) is 2.10. The molecule has 0 saturated carbocycles. The number of hydrogen-bond acceptors (Lipinski definition) is 4. The summed E-state index contributed by atoms with van der Waals surface area (Å²) < 4.78 is 5.28. The maximum absolute atomic E-state index is 10.5. The van der Waals surface area contributed by atoms with Gasteiger partial charge in [0.05, 0.1) is 6.61 Å². The van der Waals surface area contributed by atoms with E-state index < -0.39 is 11.6 Å². The van der Waals surface area contributed by atoms with Gasteiger partial charge in [0, 0.05) is 19.7 Å². The molecule has 0 heterocycles. The molecule has 5 nitrogen and oxygen atoms in total. The van der Waals surface area contributed by atoms with E-state index in [1.807, 2.05) is 0 Å². The zero-order valence-corrected chi connectivity index (χ0v) is 9.62. The molecule has 0 rings (SSSR count). The molecule has 90 valence electrons. The third kappa shape index (κ3) is 7.30. The van der Waals surface area contributed by atoms with Gasteiger partial charge in [0.15, 0.2) is 5.60 Å². The van der Waals surface area contributed by atoms with E-state index in [9.17, 15) is 9.90 Å². The standard InChI is InChI=1S/C10H21NO4/c1-8(2)6-15-5-4-11-7-10(3,14)9(12)13/h8,11,14H,4-7H2,1-3H3,(H,12,13). The molecule has 0 spiro atoms. The largest absolute Gasteiger partial charge is 0.479 e. The van der Waals surface area contributed by atoms with Crippen LogP contribution in [0.1, 0.15) is 20.8 Å².